The third-order valence-electron chi connectivity index (χ3n) is 6.75. The van der Waals surface area contributed by atoms with Crippen molar-refractivity contribution in [2.75, 3.05) is 18.6 Å². The van der Waals surface area contributed by atoms with E-state index in [2.05, 4.69) is 15.6 Å². The topological polar surface area (TPSA) is 158 Å². The van der Waals surface area contributed by atoms with Crippen molar-refractivity contribution in [2.24, 2.45) is 11.7 Å². The molecule has 0 aliphatic carbocycles. The van der Waals surface area contributed by atoms with Crippen molar-refractivity contribution >= 4 is 46.4 Å². The number of para-hydroxylation sites is 1. The highest BCUT2D eigenvalue weighted by molar-refractivity contribution is 7.98. The molecule has 4 unspecified atom stereocenters. The van der Waals surface area contributed by atoms with E-state index in [9.17, 15) is 24.3 Å². The third-order valence-corrected chi connectivity index (χ3v) is 7.39. The molecule has 3 amide bonds. The van der Waals surface area contributed by atoms with Crippen molar-refractivity contribution in [3.8, 4) is 0 Å². The van der Waals surface area contributed by atoms with Crippen LogP contribution in [0.25, 0.3) is 10.9 Å². The second-order valence-corrected chi connectivity index (χ2v) is 10.8. The van der Waals surface area contributed by atoms with Crippen LogP contribution in [0.5, 0.6) is 0 Å². The molecule has 1 aliphatic heterocycles. The smallest absolute Gasteiger partial charge is 0.326 e. The van der Waals surface area contributed by atoms with Gasteiger partial charge in [-0.25, -0.2) is 4.79 Å². The van der Waals surface area contributed by atoms with Crippen molar-refractivity contribution in [1.29, 1.82) is 0 Å². The Hall–Kier alpha value is -3.05. The summed E-state index contributed by atoms with van der Waals surface area (Å²) in [6.07, 6.45) is 5.50. The summed E-state index contributed by atoms with van der Waals surface area (Å²) in [6.45, 7) is 3.79. The fourth-order valence-corrected chi connectivity index (χ4v) is 5.14. The molecule has 10 nitrogen and oxygen atoms in total. The highest BCUT2D eigenvalue weighted by atomic mass is 32.2. The van der Waals surface area contributed by atoms with Gasteiger partial charge in [-0.3, -0.25) is 14.4 Å². The Balaban J connectivity index is 1.69. The number of nitrogens with one attached hydrogen (secondary N) is 3. The molecular weight excluding hydrogens is 494 g/mol. The lowest BCUT2D eigenvalue weighted by atomic mass is 10.0. The third kappa shape index (κ3) is 7.04. The van der Waals surface area contributed by atoms with Crippen molar-refractivity contribution in [1.82, 2.24) is 20.5 Å². The number of carboxylic acid groups (broad SMARTS) is 1. The van der Waals surface area contributed by atoms with E-state index < -0.39 is 42.0 Å². The molecule has 0 saturated carbocycles. The maximum absolute atomic E-state index is 13.5. The normalized spacial score (nSPS) is 18.0. The van der Waals surface area contributed by atoms with Crippen LogP contribution in [-0.2, 0) is 25.6 Å². The zero-order chi connectivity index (χ0) is 27.1. The highest BCUT2D eigenvalue weighted by Gasteiger charge is 2.39. The molecule has 37 heavy (non-hydrogen) atoms. The van der Waals surface area contributed by atoms with Crippen LogP contribution in [0.3, 0.4) is 0 Å². The maximum Gasteiger partial charge on any atom is 0.326 e. The van der Waals surface area contributed by atoms with Gasteiger partial charge in [0.1, 0.15) is 18.1 Å². The van der Waals surface area contributed by atoms with Crippen molar-refractivity contribution < 1.29 is 24.3 Å². The highest BCUT2D eigenvalue weighted by Crippen LogP contribution is 2.21. The van der Waals surface area contributed by atoms with Gasteiger partial charge in [-0.15, -0.1) is 0 Å². The minimum Gasteiger partial charge on any atom is -0.480 e. The zero-order valence-corrected chi connectivity index (χ0v) is 22.3. The minimum absolute atomic E-state index is 0.305. The molecule has 2 aromatic rings. The standard InChI is InChI=1S/C26H37N5O5S/c1-15(2)22(26(35)36)30-24(33)21-9-6-11-31(21)25(34)20(10-12-37-3)29-23(32)18(27)13-16-14-28-19-8-5-4-7-17(16)19/h4-5,7-8,14-15,18,20-22,28H,6,9-13,27H2,1-3H3,(H,29,32)(H,30,33)(H,35,36). The van der Waals surface area contributed by atoms with Crippen molar-refractivity contribution in [2.45, 2.75) is 63.7 Å². The van der Waals surface area contributed by atoms with Gasteiger partial charge in [-0.1, -0.05) is 32.0 Å². The number of H-pyrrole nitrogens is 1. The van der Waals surface area contributed by atoms with Gasteiger partial charge >= 0.3 is 5.97 Å². The number of carboxylic acids is 1. The van der Waals surface area contributed by atoms with E-state index in [-0.39, 0.29) is 11.8 Å². The second kappa shape index (κ2) is 13.0. The molecule has 3 rings (SSSR count). The zero-order valence-electron chi connectivity index (χ0n) is 21.5. The fourth-order valence-electron chi connectivity index (χ4n) is 4.67. The summed E-state index contributed by atoms with van der Waals surface area (Å²) in [4.78, 5) is 55.7. The van der Waals surface area contributed by atoms with Crippen LogP contribution in [0.4, 0.5) is 0 Å². The number of carbonyl (C=O) groups excluding carboxylic acids is 3. The van der Waals surface area contributed by atoms with Crippen LogP contribution in [-0.4, -0.2) is 81.4 Å². The second-order valence-electron chi connectivity index (χ2n) is 9.77. The summed E-state index contributed by atoms with van der Waals surface area (Å²) >= 11 is 1.55. The lowest BCUT2D eigenvalue weighted by molar-refractivity contribution is -0.145. The Kier molecular flexibility index (Phi) is 9.99. The number of amides is 3. The number of nitrogens with two attached hydrogens (primary N) is 1. The van der Waals surface area contributed by atoms with Gasteiger partial charge in [0.15, 0.2) is 0 Å². The van der Waals surface area contributed by atoms with E-state index in [1.54, 1.807) is 25.6 Å². The first-order valence-corrected chi connectivity index (χ1v) is 14.0. The van der Waals surface area contributed by atoms with Crippen molar-refractivity contribution in [3.05, 3.63) is 36.0 Å². The molecule has 0 bridgehead atoms. The Morgan fingerprint density at radius 3 is 2.62 bits per heavy atom. The summed E-state index contributed by atoms with van der Waals surface area (Å²) in [7, 11) is 0. The van der Waals surface area contributed by atoms with Gasteiger partial charge in [0.05, 0.1) is 6.04 Å². The first kappa shape index (κ1) is 28.5. The molecule has 1 aromatic carbocycles. The number of likely N-dealkylation sites (tertiary alicyclic amines) is 1. The number of fused-ring (bicyclic) bond motifs is 1. The Morgan fingerprint density at radius 2 is 1.95 bits per heavy atom. The lowest BCUT2D eigenvalue weighted by Crippen LogP contribution is -2.57. The summed E-state index contributed by atoms with van der Waals surface area (Å²) in [6, 6.07) is 4.25. The van der Waals surface area contributed by atoms with Gasteiger partial charge in [-0.05, 0) is 55.2 Å². The van der Waals surface area contributed by atoms with Crippen LogP contribution in [0.2, 0.25) is 0 Å². The number of carbonyl (C=O) groups is 4. The first-order chi connectivity index (χ1) is 17.6. The van der Waals surface area contributed by atoms with E-state index in [0.29, 0.717) is 38.0 Å². The van der Waals surface area contributed by atoms with Gasteiger partial charge in [0, 0.05) is 23.6 Å². The quantitative estimate of drug-likeness (QED) is 0.278. The number of hydrogen-bond donors (Lipinski definition) is 5. The predicted octanol–water partition coefficient (Wildman–Crippen LogP) is 1.49. The molecule has 6 N–H and O–H groups in total. The van der Waals surface area contributed by atoms with Crippen LogP contribution < -0.4 is 16.4 Å². The predicted molar refractivity (Wildman–Crippen MR) is 144 cm³/mol. The summed E-state index contributed by atoms with van der Waals surface area (Å²) in [5.74, 6) is -2.06. The fraction of sp³-hybridized carbons (Fsp3) is 0.538. The molecule has 1 aromatic heterocycles. The monoisotopic (exact) mass is 531 g/mol. The molecule has 202 valence electrons. The molecule has 2 heterocycles. The lowest BCUT2D eigenvalue weighted by Gasteiger charge is -2.30. The van der Waals surface area contributed by atoms with Crippen LogP contribution in [0.15, 0.2) is 30.5 Å². The van der Waals surface area contributed by atoms with E-state index in [0.717, 1.165) is 16.5 Å². The van der Waals surface area contributed by atoms with E-state index in [1.165, 1.54) is 4.90 Å². The number of aliphatic carboxylic acids is 1. The SMILES string of the molecule is CSCCC(NC(=O)C(N)Cc1c[nH]c2ccccc12)C(=O)N1CCCC1C(=O)NC(C(=O)O)C(C)C. The minimum atomic E-state index is -1.12. The number of aromatic nitrogens is 1. The molecular formula is C26H37N5O5S. The number of thioether (sulfide) groups is 1. The Bertz CT molecular complexity index is 1120. The number of nitrogens with zero attached hydrogens (tertiary/aromatic N) is 1. The molecule has 0 spiro atoms. The van der Waals surface area contributed by atoms with Crippen LogP contribution in [0, 0.1) is 5.92 Å². The molecule has 11 heteroatoms. The van der Waals surface area contributed by atoms with Gasteiger partial charge in [0.2, 0.25) is 17.7 Å². The number of benzene rings is 1. The first-order valence-electron chi connectivity index (χ1n) is 12.6. The van der Waals surface area contributed by atoms with Crippen molar-refractivity contribution in [3.63, 3.8) is 0 Å². The molecule has 1 aliphatic rings. The summed E-state index contributed by atoms with van der Waals surface area (Å²) in [5.41, 5.74) is 8.12. The van der Waals surface area contributed by atoms with Gasteiger partial charge in [0.25, 0.3) is 0 Å². The number of hydrogen-bond acceptors (Lipinski definition) is 6. The Morgan fingerprint density at radius 1 is 1.22 bits per heavy atom. The molecule has 0 radical (unpaired) electrons. The molecule has 1 fully saturated rings. The van der Waals surface area contributed by atoms with Gasteiger partial charge < -0.3 is 31.4 Å². The maximum atomic E-state index is 13.5. The van der Waals surface area contributed by atoms with E-state index >= 15 is 0 Å². The Labute approximate surface area is 221 Å². The van der Waals surface area contributed by atoms with Gasteiger partial charge in [-0.2, -0.15) is 11.8 Å². The average molecular weight is 532 g/mol. The summed E-state index contributed by atoms with van der Waals surface area (Å²) in [5, 5.41) is 15.8. The van der Waals surface area contributed by atoms with Crippen LogP contribution in [0.1, 0.15) is 38.7 Å². The largest absolute Gasteiger partial charge is 0.480 e. The summed E-state index contributed by atoms with van der Waals surface area (Å²) < 4.78 is 0. The number of aromatic amines is 1. The van der Waals surface area contributed by atoms with Crippen LogP contribution >= 0.6 is 11.8 Å². The average Bonchev–Trinajstić information content (AvgIpc) is 3.51. The number of rotatable bonds is 12. The van der Waals surface area contributed by atoms with E-state index in [4.69, 9.17) is 5.73 Å². The van der Waals surface area contributed by atoms with E-state index in [1.807, 2.05) is 36.7 Å². The molecule has 4 atom stereocenters. The molecule has 1 saturated heterocycles.